The molecule has 0 radical (unpaired) electrons. The van der Waals surface area contributed by atoms with Crippen LogP contribution in [0.15, 0.2) is 58.5 Å². The summed E-state index contributed by atoms with van der Waals surface area (Å²) in [5, 5.41) is 7.59. The lowest BCUT2D eigenvalue weighted by Gasteiger charge is -2.23. The standard InChI is InChI=1S/C24H21FN4O4S/c1-15-5-4-7-17(13-15)29-21(30)10-9-19(27-29)22(31)26-11-12-28-23(32)20(34-24(28)33)14-16-6-2-3-8-18(16)25/h2-8,13-14H,9-12H2,1H3,(H,26,31)/b20-14-. The zero-order chi connectivity index (χ0) is 24.2. The van der Waals surface area contributed by atoms with E-state index in [0.29, 0.717) is 5.69 Å². The second-order valence-electron chi connectivity index (χ2n) is 7.70. The van der Waals surface area contributed by atoms with Gasteiger partial charge in [-0.3, -0.25) is 24.1 Å². The average molecular weight is 481 g/mol. The van der Waals surface area contributed by atoms with Gasteiger partial charge < -0.3 is 5.32 Å². The molecule has 2 heterocycles. The monoisotopic (exact) mass is 480 g/mol. The van der Waals surface area contributed by atoms with E-state index in [9.17, 15) is 23.6 Å². The van der Waals surface area contributed by atoms with Crippen molar-refractivity contribution >= 4 is 52.2 Å². The number of thioether (sulfide) groups is 1. The molecule has 2 aromatic carbocycles. The Balaban J connectivity index is 1.37. The van der Waals surface area contributed by atoms with Crippen LogP contribution in [0.4, 0.5) is 14.9 Å². The van der Waals surface area contributed by atoms with Gasteiger partial charge >= 0.3 is 0 Å². The Morgan fingerprint density at radius 3 is 2.71 bits per heavy atom. The SMILES string of the molecule is Cc1cccc(N2N=C(C(=O)NCCN3C(=O)S/C(=C\c4ccccc4F)C3=O)CCC2=O)c1. The third-order valence-electron chi connectivity index (χ3n) is 5.23. The maximum atomic E-state index is 13.9. The largest absolute Gasteiger partial charge is 0.349 e. The van der Waals surface area contributed by atoms with Crippen LogP contribution in [0.3, 0.4) is 0 Å². The van der Waals surface area contributed by atoms with Crippen LogP contribution >= 0.6 is 11.8 Å². The minimum atomic E-state index is -0.543. The lowest BCUT2D eigenvalue weighted by Crippen LogP contribution is -2.42. The summed E-state index contributed by atoms with van der Waals surface area (Å²) in [7, 11) is 0. The fourth-order valence-electron chi connectivity index (χ4n) is 3.49. The van der Waals surface area contributed by atoms with Gasteiger partial charge in [0, 0.05) is 31.5 Å². The molecule has 1 fully saturated rings. The van der Waals surface area contributed by atoms with E-state index < -0.39 is 22.9 Å². The summed E-state index contributed by atoms with van der Waals surface area (Å²) < 4.78 is 13.9. The van der Waals surface area contributed by atoms with Gasteiger partial charge in [-0.1, -0.05) is 30.3 Å². The van der Waals surface area contributed by atoms with Crippen molar-refractivity contribution in [3.8, 4) is 0 Å². The number of benzene rings is 2. The Labute approximate surface area is 199 Å². The van der Waals surface area contributed by atoms with Crippen molar-refractivity contribution in [1.29, 1.82) is 0 Å². The molecule has 2 aliphatic rings. The molecule has 34 heavy (non-hydrogen) atoms. The lowest BCUT2D eigenvalue weighted by molar-refractivity contribution is -0.123. The number of nitrogens with zero attached hydrogens (tertiary/aromatic N) is 3. The van der Waals surface area contributed by atoms with Crippen molar-refractivity contribution in [3.05, 3.63) is 70.4 Å². The molecule has 0 atom stereocenters. The lowest BCUT2D eigenvalue weighted by atomic mass is 10.1. The topological polar surface area (TPSA) is 99.2 Å². The number of halogens is 1. The van der Waals surface area contributed by atoms with Gasteiger partial charge in [-0.25, -0.2) is 9.40 Å². The highest BCUT2D eigenvalue weighted by atomic mass is 32.2. The van der Waals surface area contributed by atoms with Gasteiger partial charge in [0.05, 0.1) is 10.6 Å². The molecule has 4 amide bonds. The van der Waals surface area contributed by atoms with Crippen molar-refractivity contribution in [2.45, 2.75) is 19.8 Å². The smallest absolute Gasteiger partial charge is 0.293 e. The number of hydrogen-bond donors (Lipinski definition) is 1. The summed E-state index contributed by atoms with van der Waals surface area (Å²) >= 11 is 0.723. The molecule has 174 valence electrons. The number of carbonyl (C=O) groups is 4. The maximum absolute atomic E-state index is 13.9. The number of hydrogen-bond acceptors (Lipinski definition) is 6. The molecule has 2 aromatic rings. The Morgan fingerprint density at radius 1 is 1.15 bits per heavy atom. The number of imide groups is 1. The quantitative estimate of drug-likeness (QED) is 0.639. The molecule has 0 spiro atoms. The normalized spacial score (nSPS) is 17.4. The van der Waals surface area contributed by atoms with Crippen LogP contribution in [0.1, 0.15) is 24.0 Å². The Bertz CT molecular complexity index is 1240. The van der Waals surface area contributed by atoms with Crippen LogP contribution in [0.5, 0.6) is 0 Å². The van der Waals surface area contributed by atoms with E-state index in [1.165, 1.54) is 29.3 Å². The van der Waals surface area contributed by atoms with Crippen LogP contribution in [0, 0.1) is 12.7 Å². The second-order valence-corrected chi connectivity index (χ2v) is 8.70. The Morgan fingerprint density at radius 2 is 1.94 bits per heavy atom. The molecule has 0 aromatic heterocycles. The van der Waals surface area contributed by atoms with E-state index in [1.807, 2.05) is 13.0 Å². The predicted octanol–water partition coefficient (Wildman–Crippen LogP) is 3.47. The molecule has 8 nitrogen and oxygen atoms in total. The first-order chi connectivity index (χ1) is 16.3. The van der Waals surface area contributed by atoms with Crippen LogP contribution in [-0.2, 0) is 14.4 Å². The van der Waals surface area contributed by atoms with Crippen LogP contribution in [-0.4, -0.2) is 46.7 Å². The van der Waals surface area contributed by atoms with Crippen LogP contribution in [0.25, 0.3) is 6.08 Å². The molecule has 10 heteroatoms. The van der Waals surface area contributed by atoms with Crippen LogP contribution in [0.2, 0.25) is 0 Å². The molecule has 0 saturated carbocycles. The first-order valence-corrected chi connectivity index (χ1v) is 11.4. The first kappa shape index (κ1) is 23.4. The van der Waals surface area contributed by atoms with Crippen molar-refractivity contribution in [3.63, 3.8) is 0 Å². The highest BCUT2D eigenvalue weighted by molar-refractivity contribution is 8.18. The van der Waals surface area contributed by atoms with Crippen molar-refractivity contribution in [2.24, 2.45) is 5.10 Å². The first-order valence-electron chi connectivity index (χ1n) is 10.6. The molecule has 0 bridgehead atoms. The molecular weight excluding hydrogens is 459 g/mol. The second kappa shape index (κ2) is 10.0. The van der Waals surface area contributed by atoms with Gasteiger partial charge in [-0.2, -0.15) is 5.10 Å². The molecule has 2 aliphatic heterocycles. The van der Waals surface area contributed by atoms with Gasteiger partial charge in [0.2, 0.25) is 5.91 Å². The van der Waals surface area contributed by atoms with Gasteiger partial charge in [0.25, 0.3) is 17.1 Å². The van der Waals surface area contributed by atoms with E-state index >= 15 is 0 Å². The van der Waals surface area contributed by atoms with Gasteiger partial charge in [0.15, 0.2) is 0 Å². The van der Waals surface area contributed by atoms with Crippen molar-refractivity contribution in [1.82, 2.24) is 10.2 Å². The maximum Gasteiger partial charge on any atom is 0.293 e. The molecule has 0 unspecified atom stereocenters. The summed E-state index contributed by atoms with van der Waals surface area (Å²) in [4.78, 5) is 50.9. The van der Waals surface area contributed by atoms with E-state index in [-0.39, 0.29) is 48.0 Å². The van der Waals surface area contributed by atoms with Gasteiger partial charge in [0.1, 0.15) is 11.5 Å². The number of carbonyl (C=O) groups excluding carboxylic acids is 4. The van der Waals surface area contributed by atoms with E-state index in [1.54, 1.807) is 24.3 Å². The zero-order valence-electron chi connectivity index (χ0n) is 18.3. The summed E-state index contributed by atoms with van der Waals surface area (Å²) in [5.74, 6) is -1.72. The van der Waals surface area contributed by atoms with Crippen LogP contribution < -0.4 is 10.3 Å². The Hall–Kier alpha value is -3.79. The van der Waals surface area contributed by atoms with Gasteiger partial charge in [-0.05, 0) is 48.5 Å². The summed E-state index contributed by atoms with van der Waals surface area (Å²) in [6.07, 6.45) is 1.68. The number of anilines is 1. The number of nitrogens with one attached hydrogen (secondary N) is 1. The highest BCUT2D eigenvalue weighted by Gasteiger charge is 2.35. The number of rotatable bonds is 6. The zero-order valence-corrected chi connectivity index (χ0v) is 19.1. The predicted molar refractivity (Wildman–Crippen MR) is 127 cm³/mol. The average Bonchev–Trinajstić information content (AvgIpc) is 3.08. The molecule has 4 rings (SSSR count). The fraction of sp³-hybridized carbons (Fsp3) is 0.208. The van der Waals surface area contributed by atoms with E-state index in [2.05, 4.69) is 10.4 Å². The van der Waals surface area contributed by atoms with Crippen molar-refractivity contribution in [2.75, 3.05) is 18.1 Å². The summed E-state index contributed by atoms with van der Waals surface area (Å²) in [6.45, 7) is 1.87. The van der Waals surface area contributed by atoms with Crippen molar-refractivity contribution < 1.29 is 23.6 Å². The van der Waals surface area contributed by atoms with E-state index in [4.69, 9.17) is 0 Å². The van der Waals surface area contributed by atoms with E-state index in [0.717, 1.165) is 22.2 Å². The van der Waals surface area contributed by atoms with Gasteiger partial charge in [-0.15, -0.1) is 0 Å². The number of hydrazone groups is 1. The number of aryl methyl sites for hydroxylation is 1. The third-order valence-corrected chi connectivity index (χ3v) is 6.13. The highest BCUT2D eigenvalue weighted by Crippen LogP contribution is 2.32. The molecule has 0 aliphatic carbocycles. The molecule has 1 N–H and O–H groups in total. The molecular formula is C24H21FN4O4S. The number of amides is 4. The minimum Gasteiger partial charge on any atom is -0.349 e. The summed E-state index contributed by atoms with van der Waals surface area (Å²) in [5.41, 5.74) is 1.94. The molecule has 1 saturated heterocycles. The Kier molecular flexibility index (Phi) is 6.87. The third kappa shape index (κ3) is 5.07. The fourth-order valence-corrected chi connectivity index (χ4v) is 4.34. The minimum absolute atomic E-state index is 0.0151. The summed E-state index contributed by atoms with van der Waals surface area (Å²) in [6, 6.07) is 13.2.